The third kappa shape index (κ3) is 4.23. The summed E-state index contributed by atoms with van der Waals surface area (Å²) in [5.41, 5.74) is 0.0556. The fraction of sp³-hybridized carbons (Fsp3) is 0.571. The van der Waals surface area contributed by atoms with Crippen LogP contribution in [0, 0.1) is 5.41 Å². The summed E-state index contributed by atoms with van der Waals surface area (Å²) in [6.45, 7) is 5.22. The number of hydrogen-bond acceptors (Lipinski definition) is 2. The molecule has 1 atom stereocenters. The second kappa shape index (κ2) is 6.54. The number of benzene rings is 1. The lowest BCUT2D eigenvalue weighted by Gasteiger charge is -2.25. The van der Waals surface area contributed by atoms with Crippen molar-refractivity contribution in [2.45, 2.75) is 33.1 Å². The molecule has 0 bridgehead atoms. The first-order valence-corrected chi connectivity index (χ1v) is 5.99. The zero-order valence-electron chi connectivity index (χ0n) is 10.3. The van der Waals surface area contributed by atoms with Gasteiger partial charge in [0.2, 0.25) is 0 Å². The summed E-state index contributed by atoms with van der Waals surface area (Å²) >= 11 is 0. The van der Waals surface area contributed by atoms with Crippen LogP contribution in [0.1, 0.15) is 33.1 Å². The first kappa shape index (κ1) is 13.0. The zero-order valence-corrected chi connectivity index (χ0v) is 10.3. The van der Waals surface area contributed by atoms with E-state index < -0.39 is 0 Å². The lowest BCUT2D eigenvalue weighted by atomic mass is 9.84. The molecule has 0 aliphatic carbocycles. The van der Waals surface area contributed by atoms with Crippen molar-refractivity contribution < 1.29 is 9.84 Å². The van der Waals surface area contributed by atoms with E-state index in [9.17, 15) is 5.11 Å². The predicted octanol–water partition coefficient (Wildman–Crippen LogP) is 3.25. The maximum Gasteiger partial charge on any atom is 0.119 e. The van der Waals surface area contributed by atoms with Gasteiger partial charge < -0.3 is 9.84 Å². The Morgan fingerprint density at radius 1 is 1.25 bits per heavy atom. The van der Waals surface area contributed by atoms with Gasteiger partial charge in [-0.25, -0.2) is 0 Å². The predicted molar refractivity (Wildman–Crippen MR) is 66.7 cm³/mol. The van der Waals surface area contributed by atoms with Gasteiger partial charge in [0, 0.05) is 6.61 Å². The molecule has 0 heterocycles. The summed E-state index contributed by atoms with van der Waals surface area (Å²) < 4.78 is 5.61. The third-order valence-corrected chi connectivity index (χ3v) is 3.17. The second-order valence-electron chi connectivity index (χ2n) is 4.59. The Morgan fingerprint density at radius 3 is 2.50 bits per heavy atom. The van der Waals surface area contributed by atoms with E-state index in [1.165, 1.54) is 0 Å². The molecule has 0 aromatic heterocycles. The van der Waals surface area contributed by atoms with Crippen molar-refractivity contribution in [3.05, 3.63) is 30.3 Å². The fourth-order valence-electron chi connectivity index (χ4n) is 1.57. The van der Waals surface area contributed by atoms with Crippen molar-refractivity contribution in [1.82, 2.24) is 0 Å². The van der Waals surface area contributed by atoms with Gasteiger partial charge in [-0.05, 0) is 36.8 Å². The second-order valence-corrected chi connectivity index (χ2v) is 4.59. The molecule has 1 aromatic rings. The van der Waals surface area contributed by atoms with Crippen LogP contribution in [-0.2, 0) is 0 Å². The Hall–Kier alpha value is -1.02. The molecular weight excluding hydrogens is 200 g/mol. The summed E-state index contributed by atoms with van der Waals surface area (Å²) in [5, 5.41) is 9.26. The molecule has 90 valence electrons. The molecule has 0 aliphatic heterocycles. The molecule has 0 saturated heterocycles. The highest BCUT2D eigenvalue weighted by atomic mass is 16.5. The van der Waals surface area contributed by atoms with Gasteiger partial charge in [-0.2, -0.15) is 0 Å². The van der Waals surface area contributed by atoms with E-state index in [4.69, 9.17) is 4.74 Å². The Kier molecular flexibility index (Phi) is 5.33. The highest BCUT2D eigenvalue weighted by Crippen LogP contribution is 2.26. The van der Waals surface area contributed by atoms with Crippen LogP contribution in [0.2, 0.25) is 0 Å². The van der Waals surface area contributed by atoms with E-state index >= 15 is 0 Å². The standard InChI is InChI=1S/C14H22O2/c1-3-14(2,12-15)10-7-11-16-13-8-5-4-6-9-13/h4-6,8-9,15H,3,7,10-12H2,1-2H3. The summed E-state index contributed by atoms with van der Waals surface area (Å²) in [6, 6.07) is 9.85. The normalized spacial score (nSPS) is 14.4. The van der Waals surface area contributed by atoms with Gasteiger partial charge in [-0.15, -0.1) is 0 Å². The topological polar surface area (TPSA) is 29.5 Å². The molecule has 1 unspecified atom stereocenters. The van der Waals surface area contributed by atoms with Gasteiger partial charge in [-0.1, -0.05) is 32.0 Å². The van der Waals surface area contributed by atoms with Crippen LogP contribution in [0.5, 0.6) is 5.75 Å². The van der Waals surface area contributed by atoms with Gasteiger partial charge >= 0.3 is 0 Å². The molecule has 16 heavy (non-hydrogen) atoms. The molecule has 0 spiro atoms. The first-order valence-electron chi connectivity index (χ1n) is 5.99. The number of aliphatic hydroxyl groups excluding tert-OH is 1. The minimum atomic E-state index is 0.0556. The Balaban J connectivity index is 2.22. The van der Waals surface area contributed by atoms with Crippen molar-refractivity contribution in [2.75, 3.05) is 13.2 Å². The van der Waals surface area contributed by atoms with Crippen LogP contribution in [-0.4, -0.2) is 18.3 Å². The number of para-hydroxylation sites is 1. The van der Waals surface area contributed by atoms with E-state index in [1.54, 1.807) is 0 Å². The van der Waals surface area contributed by atoms with Gasteiger partial charge in [0.15, 0.2) is 0 Å². The van der Waals surface area contributed by atoms with Gasteiger partial charge in [0.05, 0.1) is 6.61 Å². The van der Waals surface area contributed by atoms with Crippen LogP contribution in [0.4, 0.5) is 0 Å². The average molecular weight is 222 g/mol. The van der Waals surface area contributed by atoms with E-state index in [0.29, 0.717) is 0 Å². The highest BCUT2D eigenvalue weighted by Gasteiger charge is 2.19. The van der Waals surface area contributed by atoms with Gasteiger partial charge in [0.25, 0.3) is 0 Å². The van der Waals surface area contributed by atoms with Crippen molar-refractivity contribution in [3.8, 4) is 5.75 Å². The average Bonchev–Trinajstić information content (AvgIpc) is 2.36. The molecule has 0 saturated carbocycles. The van der Waals surface area contributed by atoms with Crippen LogP contribution in [0.25, 0.3) is 0 Å². The molecule has 1 N–H and O–H groups in total. The van der Waals surface area contributed by atoms with Gasteiger partial charge in [-0.3, -0.25) is 0 Å². The molecule has 0 amide bonds. The molecule has 1 aromatic carbocycles. The highest BCUT2D eigenvalue weighted by molar-refractivity contribution is 5.20. The minimum absolute atomic E-state index is 0.0556. The van der Waals surface area contributed by atoms with Crippen molar-refractivity contribution in [2.24, 2.45) is 5.41 Å². The maximum absolute atomic E-state index is 9.26. The molecule has 0 aliphatic rings. The summed E-state index contributed by atoms with van der Waals surface area (Å²) in [5.74, 6) is 0.921. The summed E-state index contributed by atoms with van der Waals surface area (Å²) in [4.78, 5) is 0. The number of rotatable bonds is 7. The molecule has 1 rings (SSSR count). The largest absolute Gasteiger partial charge is 0.494 e. The summed E-state index contributed by atoms with van der Waals surface area (Å²) in [6.07, 6.45) is 3.00. The molecule has 2 nitrogen and oxygen atoms in total. The first-order chi connectivity index (χ1) is 7.70. The van der Waals surface area contributed by atoms with Crippen LogP contribution >= 0.6 is 0 Å². The van der Waals surface area contributed by atoms with Crippen LogP contribution in [0.15, 0.2) is 30.3 Å². The number of aliphatic hydroxyl groups is 1. The monoisotopic (exact) mass is 222 g/mol. The van der Waals surface area contributed by atoms with Crippen molar-refractivity contribution >= 4 is 0 Å². The lowest BCUT2D eigenvalue weighted by Crippen LogP contribution is -2.21. The summed E-state index contributed by atoms with van der Waals surface area (Å²) in [7, 11) is 0. The number of hydrogen-bond donors (Lipinski definition) is 1. The fourth-order valence-corrected chi connectivity index (χ4v) is 1.57. The molecule has 0 radical (unpaired) electrons. The Bertz CT molecular complexity index is 278. The van der Waals surface area contributed by atoms with E-state index in [-0.39, 0.29) is 12.0 Å². The molecule has 0 fully saturated rings. The third-order valence-electron chi connectivity index (χ3n) is 3.17. The van der Waals surface area contributed by atoms with Crippen molar-refractivity contribution in [3.63, 3.8) is 0 Å². The number of ether oxygens (including phenoxy) is 1. The maximum atomic E-state index is 9.26. The zero-order chi connectivity index (χ0) is 11.9. The lowest BCUT2D eigenvalue weighted by molar-refractivity contribution is 0.119. The molecule has 2 heteroatoms. The SMILES string of the molecule is CCC(C)(CO)CCCOc1ccccc1. The quantitative estimate of drug-likeness (QED) is 0.718. The van der Waals surface area contributed by atoms with E-state index in [0.717, 1.165) is 31.6 Å². The van der Waals surface area contributed by atoms with Crippen molar-refractivity contribution in [1.29, 1.82) is 0 Å². The van der Waals surface area contributed by atoms with E-state index in [2.05, 4.69) is 13.8 Å². The molecular formula is C14H22O2. The van der Waals surface area contributed by atoms with E-state index in [1.807, 2.05) is 30.3 Å². The van der Waals surface area contributed by atoms with Crippen LogP contribution in [0.3, 0.4) is 0 Å². The smallest absolute Gasteiger partial charge is 0.119 e. The van der Waals surface area contributed by atoms with Gasteiger partial charge in [0.1, 0.15) is 5.75 Å². The Labute approximate surface area is 98.3 Å². The Morgan fingerprint density at radius 2 is 1.94 bits per heavy atom. The van der Waals surface area contributed by atoms with Crippen LogP contribution < -0.4 is 4.74 Å². The minimum Gasteiger partial charge on any atom is -0.494 e.